The lowest BCUT2D eigenvalue weighted by molar-refractivity contribution is 0.0517. The van der Waals surface area contributed by atoms with Gasteiger partial charge in [-0.25, -0.2) is 0 Å². The molecule has 2 heterocycles. The Hall–Kier alpha value is -1.79. The first-order valence-corrected chi connectivity index (χ1v) is 8.32. The van der Waals surface area contributed by atoms with Gasteiger partial charge in [-0.05, 0) is 40.2 Å². The molecule has 2 amide bonds. The Morgan fingerprint density at radius 3 is 2.13 bits per heavy atom. The van der Waals surface area contributed by atoms with E-state index in [9.17, 15) is 9.59 Å². The van der Waals surface area contributed by atoms with E-state index in [1.807, 2.05) is 0 Å². The summed E-state index contributed by atoms with van der Waals surface area (Å²) in [4.78, 5) is 28.2. The zero-order valence-electron chi connectivity index (χ0n) is 12.2. The molecule has 0 N–H and O–H groups in total. The molecule has 2 aromatic rings. The van der Waals surface area contributed by atoms with E-state index in [2.05, 4.69) is 15.9 Å². The van der Waals surface area contributed by atoms with E-state index < -0.39 is 0 Å². The highest BCUT2D eigenvalue weighted by Gasteiger charge is 2.27. The molecule has 0 atom stereocenters. The van der Waals surface area contributed by atoms with Crippen molar-refractivity contribution in [1.82, 2.24) is 9.80 Å². The minimum Gasteiger partial charge on any atom is -0.444 e. The van der Waals surface area contributed by atoms with Crippen LogP contribution in [0.3, 0.4) is 0 Å². The van der Waals surface area contributed by atoms with Crippen molar-refractivity contribution in [3.63, 3.8) is 0 Å². The van der Waals surface area contributed by atoms with Gasteiger partial charge in [-0.2, -0.15) is 0 Å². The molecule has 0 spiro atoms. The molecule has 0 aliphatic carbocycles. The van der Waals surface area contributed by atoms with Gasteiger partial charge in [0, 0.05) is 26.2 Å². The Balaban J connectivity index is 1.63. The Morgan fingerprint density at radius 2 is 1.57 bits per heavy atom. The molecule has 1 fully saturated rings. The Bertz CT molecular complexity index is 738. The third kappa shape index (κ3) is 3.43. The lowest BCUT2D eigenvalue weighted by Gasteiger charge is -2.34. The molecule has 1 aliphatic heterocycles. The largest absolute Gasteiger partial charge is 0.444 e. The lowest BCUT2D eigenvalue weighted by atomic mass is 10.1. The van der Waals surface area contributed by atoms with Gasteiger partial charge in [0.25, 0.3) is 11.8 Å². The van der Waals surface area contributed by atoms with Gasteiger partial charge in [0.05, 0.1) is 10.6 Å². The number of halogens is 2. The summed E-state index contributed by atoms with van der Waals surface area (Å²) in [5, 5.41) is 0.441. The highest BCUT2D eigenvalue weighted by atomic mass is 79.9. The molecule has 0 saturated carbocycles. The lowest BCUT2D eigenvalue weighted by Crippen LogP contribution is -2.50. The van der Waals surface area contributed by atoms with Crippen LogP contribution < -0.4 is 0 Å². The van der Waals surface area contributed by atoms with Crippen LogP contribution in [-0.4, -0.2) is 47.8 Å². The zero-order valence-corrected chi connectivity index (χ0v) is 14.5. The fraction of sp³-hybridized carbons (Fsp3) is 0.250. The van der Waals surface area contributed by atoms with Gasteiger partial charge >= 0.3 is 0 Å². The molecule has 1 aromatic carbocycles. The van der Waals surface area contributed by atoms with Crippen LogP contribution >= 0.6 is 27.5 Å². The summed E-state index contributed by atoms with van der Waals surface area (Å²) < 4.78 is 5.81. The van der Waals surface area contributed by atoms with E-state index in [4.69, 9.17) is 16.0 Å². The maximum atomic E-state index is 12.5. The predicted molar refractivity (Wildman–Crippen MR) is 89.7 cm³/mol. The number of nitrogens with zero attached hydrogens (tertiary/aromatic N) is 2. The van der Waals surface area contributed by atoms with Crippen LogP contribution in [0, 0.1) is 0 Å². The standard InChI is InChI=1S/C16H14BrClN2O3/c17-14-6-5-13(23-14)16(22)20-9-7-19(8-10-20)15(21)11-3-1-2-4-12(11)18/h1-6H,7-10H2. The smallest absolute Gasteiger partial charge is 0.289 e. The van der Waals surface area contributed by atoms with Crippen molar-refractivity contribution >= 4 is 39.3 Å². The average molecular weight is 398 g/mol. The van der Waals surface area contributed by atoms with Crippen molar-refractivity contribution in [3.8, 4) is 0 Å². The second kappa shape index (κ2) is 6.76. The third-order valence-corrected chi connectivity index (χ3v) is 4.50. The highest BCUT2D eigenvalue weighted by molar-refractivity contribution is 9.10. The van der Waals surface area contributed by atoms with E-state index in [1.54, 1.807) is 46.2 Å². The number of hydrogen-bond acceptors (Lipinski definition) is 3. The molecular formula is C16H14BrClN2O3. The first-order valence-electron chi connectivity index (χ1n) is 7.14. The monoisotopic (exact) mass is 396 g/mol. The van der Waals surface area contributed by atoms with Gasteiger partial charge in [0.2, 0.25) is 0 Å². The topological polar surface area (TPSA) is 53.8 Å². The van der Waals surface area contributed by atoms with Crippen molar-refractivity contribution in [1.29, 1.82) is 0 Å². The molecule has 0 bridgehead atoms. The Kier molecular flexibility index (Phi) is 4.73. The second-order valence-corrected chi connectivity index (χ2v) is 6.36. The summed E-state index contributed by atoms with van der Waals surface area (Å²) in [6.45, 7) is 1.87. The number of piperazine rings is 1. The molecule has 23 heavy (non-hydrogen) atoms. The van der Waals surface area contributed by atoms with E-state index in [1.165, 1.54) is 0 Å². The molecule has 0 unspecified atom stereocenters. The molecular weight excluding hydrogens is 384 g/mol. The predicted octanol–water partition coefficient (Wildman–Crippen LogP) is 3.29. The Labute approximate surface area is 146 Å². The fourth-order valence-electron chi connectivity index (χ4n) is 2.50. The van der Waals surface area contributed by atoms with E-state index in [-0.39, 0.29) is 11.8 Å². The summed E-state index contributed by atoms with van der Waals surface area (Å²) in [5.41, 5.74) is 0.490. The molecule has 1 saturated heterocycles. The van der Waals surface area contributed by atoms with Gasteiger partial charge in [0.1, 0.15) is 0 Å². The van der Waals surface area contributed by atoms with Crippen LogP contribution in [0.15, 0.2) is 45.5 Å². The van der Waals surface area contributed by atoms with Gasteiger partial charge in [0.15, 0.2) is 10.4 Å². The number of hydrogen-bond donors (Lipinski definition) is 0. The first-order chi connectivity index (χ1) is 11.1. The van der Waals surface area contributed by atoms with Crippen LogP contribution in [0.4, 0.5) is 0 Å². The quantitative estimate of drug-likeness (QED) is 0.781. The molecule has 1 aromatic heterocycles. The number of furan rings is 1. The number of amides is 2. The Morgan fingerprint density at radius 1 is 0.957 bits per heavy atom. The fourth-order valence-corrected chi connectivity index (χ4v) is 3.03. The van der Waals surface area contributed by atoms with Gasteiger partial charge in [-0.15, -0.1) is 0 Å². The SMILES string of the molecule is O=C(c1ccc(Br)o1)N1CCN(C(=O)c2ccccc2Cl)CC1. The summed E-state index contributed by atoms with van der Waals surface area (Å²) in [6, 6.07) is 10.3. The summed E-state index contributed by atoms with van der Waals surface area (Å²) in [6.07, 6.45) is 0. The van der Waals surface area contributed by atoms with Crippen LogP contribution in [0.25, 0.3) is 0 Å². The normalized spacial score (nSPS) is 14.9. The maximum absolute atomic E-state index is 12.5. The van der Waals surface area contributed by atoms with E-state index in [0.717, 1.165) is 0 Å². The van der Waals surface area contributed by atoms with Gasteiger partial charge in [-0.3, -0.25) is 9.59 Å². The summed E-state index contributed by atoms with van der Waals surface area (Å²) >= 11 is 9.25. The minimum atomic E-state index is -0.166. The molecule has 3 rings (SSSR count). The zero-order chi connectivity index (χ0) is 16.4. The van der Waals surface area contributed by atoms with Crippen molar-refractivity contribution in [2.24, 2.45) is 0 Å². The summed E-state index contributed by atoms with van der Waals surface area (Å²) in [5.74, 6) is 0.0201. The second-order valence-electron chi connectivity index (χ2n) is 5.17. The average Bonchev–Trinajstić information content (AvgIpc) is 3.01. The van der Waals surface area contributed by atoms with Crippen molar-refractivity contribution in [2.45, 2.75) is 0 Å². The molecule has 5 nitrogen and oxygen atoms in total. The van der Waals surface area contributed by atoms with Crippen molar-refractivity contribution in [2.75, 3.05) is 26.2 Å². The number of benzene rings is 1. The first kappa shape index (κ1) is 16.1. The number of carbonyl (C=O) groups is 2. The highest BCUT2D eigenvalue weighted by Crippen LogP contribution is 2.20. The van der Waals surface area contributed by atoms with Gasteiger partial charge < -0.3 is 14.2 Å². The van der Waals surface area contributed by atoms with Crippen LogP contribution in [0.2, 0.25) is 5.02 Å². The van der Waals surface area contributed by atoms with E-state index in [0.29, 0.717) is 47.2 Å². The molecule has 1 aliphatic rings. The van der Waals surface area contributed by atoms with Gasteiger partial charge in [-0.1, -0.05) is 23.7 Å². The maximum Gasteiger partial charge on any atom is 0.289 e. The summed E-state index contributed by atoms with van der Waals surface area (Å²) in [7, 11) is 0. The molecule has 0 radical (unpaired) electrons. The van der Waals surface area contributed by atoms with Crippen LogP contribution in [-0.2, 0) is 0 Å². The molecule has 120 valence electrons. The number of rotatable bonds is 2. The molecule has 7 heteroatoms. The van der Waals surface area contributed by atoms with Crippen molar-refractivity contribution in [3.05, 3.63) is 57.4 Å². The van der Waals surface area contributed by atoms with E-state index >= 15 is 0 Å². The third-order valence-electron chi connectivity index (χ3n) is 3.74. The van der Waals surface area contributed by atoms with Crippen LogP contribution in [0.5, 0.6) is 0 Å². The van der Waals surface area contributed by atoms with Crippen molar-refractivity contribution < 1.29 is 14.0 Å². The van der Waals surface area contributed by atoms with Crippen LogP contribution in [0.1, 0.15) is 20.9 Å². The minimum absolute atomic E-state index is 0.108. The number of carbonyl (C=O) groups excluding carboxylic acids is 2.